The molecule has 0 aromatic carbocycles. The number of aromatic amines is 1. The topological polar surface area (TPSA) is 76.2 Å². The van der Waals surface area contributed by atoms with E-state index in [1.54, 1.807) is 0 Å². The van der Waals surface area contributed by atoms with Crippen LogP contribution in [0.5, 0.6) is 11.6 Å². The van der Waals surface area contributed by atoms with E-state index in [2.05, 4.69) is 15.3 Å². The number of H-pyrrole nitrogens is 1. The number of rotatable bonds is 4. The lowest BCUT2D eigenvalue weighted by atomic mass is 10.0. The van der Waals surface area contributed by atoms with Crippen molar-refractivity contribution in [2.75, 3.05) is 26.8 Å². The highest BCUT2D eigenvalue weighted by Gasteiger charge is 2.16. The predicted molar refractivity (Wildman–Crippen MR) is 62.5 cm³/mol. The van der Waals surface area contributed by atoms with E-state index in [1.807, 2.05) is 0 Å². The van der Waals surface area contributed by atoms with Gasteiger partial charge in [-0.25, -0.2) is 4.98 Å². The van der Waals surface area contributed by atoms with Gasteiger partial charge in [-0.2, -0.15) is 0 Å². The average molecular weight is 239 g/mol. The van der Waals surface area contributed by atoms with Crippen LogP contribution >= 0.6 is 0 Å². The Kier molecular flexibility index (Phi) is 3.98. The first-order chi connectivity index (χ1) is 8.31. The van der Waals surface area contributed by atoms with Gasteiger partial charge in [0.2, 0.25) is 5.75 Å². The maximum Gasteiger partial charge on any atom is 0.297 e. The van der Waals surface area contributed by atoms with Crippen molar-refractivity contribution in [3.63, 3.8) is 0 Å². The zero-order valence-electron chi connectivity index (χ0n) is 9.86. The molecule has 1 unspecified atom stereocenters. The molecule has 2 N–H and O–H groups in total. The van der Waals surface area contributed by atoms with Crippen molar-refractivity contribution < 1.29 is 9.47 Å². The lowest BCUT2D eigenvalue weighted by Crippen LogP contribution is -2.33. The fourth-order valence-electron chi connectivity index (χ4n) is 1.92. The van der Waals surface area contributed by atoms with E-state index in [4.69, 9.17) is 9.47 Å². The van der Waals surface area contributed by atoms with Gasteiger partial charge in [0.15, 0.2) is 0 Å². The standard InChI is InChI=1S/C11H17N3O3/c1-16-9-10(15)13-7-14-11(9)17-6-8-3-2-4-12-5-8/h7-8,12H,2-6H2,1H3,(H,13,14,15). The third-order valence-corrected chi connectivity index (χ3v) is 2.84. The minimum atomic E-state index is -0.320. The summed E-state index contributed by atoms with van der Waals surface area (Å²) in [6.45, 7) is 2.58. The third-order valence-electron chi connectivity index (χ3n) is 2.84. The maximum absolute atomic E-state index is 11.4. The average Bonchev–Trinajstić information content (AvgIpc) is 2.37. The Morgan fingerprint density at radius 3 is 3.18 bits per heavy atom. The first kappa shape index (κ1) is 11.9. The van der Waals surface area contributed by atoms with Gasteiger partial charge in [0, 0.05) is 12.5 Å². The van der Waals surface area contributed by atoms with Crippen molar-refractivity contribution in [3.05, 3.63) is 16.7 Å². The summed E-state index contributed by atoms with van der Waals surface area (Å²) in [5.74, 6) is 0.868. The fraction of sp³-hybridized carbons (Fsp3) is 0.636. The van der Waals surface area contributed by atoms with E-state index >= 15 is 0 Å². The molecular weight excluding hydrogens is 222 g/mol. The molecule has 1 saturated heterocycles. The van der Waals surface area contributed by atoms with Crippen LogP contribution < -0.4 is 20.3 Å². The summed E-state index contributed by atoms with van der Waals surface area (Å²) in [6.07, 6.45) is 3.62. The second kappa shape index (κ2) is 5.67. The fourth-order valence-corrected chi connectivity index (χ4v) is 1.92. The molecule has 1 aliphatic rings. The SMILES string of the molecule is COc1c(OCC2CCCNC2)nc[nH]c1=O. The van der Waals surface area contributed by atoms with Crippen LogP contribution in [0.15, 0.2) is 11.1 Å². The first-order valence-electron chi connectivity index (χ1n) is 5.76. The summed E-state index contributed by atoms with van der Waals surface area (Å²) >= 11 is 0. The molecule has 1 atom stereocenters. The van der Waals surface area contributed by atoms with Crippen molar-refractivity contribution in [1.29, 1.82) is 0 Å². The van der Waals surface area contributed by atoms with Crippen LogP contribution in [0, 0.1) is 5.92 Å². The van der Waals surface area contributed by atoms with E-state index in [-0.39, 0.29) is 17.2 Å². The van der Waals surface area contributed by atoms with Gasteiger partial charge in [0.05, 0.1) is 20.0 Å². The number of aromatic nitrogens is 2. The van der Waals surface area contributed by atoms with Crippen LogP contribution in [0.2, 0.25) is 0 Å². The molecular formula is C11H17N3O3. The Bertz CT molecular complexity index is 413. The summed E-state index contributed by atoms with van der Waals surface area (Å²) in [5, 5.41) is 3.31. The Morgan fingerprint density at radius 2 is 2.47 bits per heavy atom. The predicted octanol–water partition coefficient (Wildman–Crippen LogP) is 0.157. The van der Waals surface area contributed by atoms with E-state index in [9.17, 15) is 4.79 Å². The molecule has 1 aromatic heterocycles. The summed E-state index contributed by atoms with van der Waals surface area (Å²) in [4.78, 5) is 17.8. The minimum Gasteiger partial charge on any atom is -0.487 e. The van der Waals surface area contributed by atoms with Crippen molar-refractivity contribution in [2.45, 2.75) is 12.8 Å². The number of ether oxygens (including phenoxy) is 2. The number of hydrogen-bond acceptors (Lipinski definition) is 5. The molecule has 0 spiro atoms. The van der Waals surface area contributed by atoms with Gasteiger partial charge in [0.1, 0.15) is 0 Å². The number of methoxy groups -OCH3 is 1. The number of hydrogen-bond donors (Lipinski definition) is 2. The Balaban J connectivity index is 1.98. The van der Waals surface area contributed by atoms with Crippen LogP contribution in [0.25, 0.3) is 0 Å². The highest BCUT2D eigenvalue weighted by Crippen LogP contribution is 2.19. The molecule has 0 amide bonds. The molecule has 6 nitrogen and oxygen atoms in total. The summed E-state index contributed by atoms with van der Waals surface area (Å²) in [7, 11) is 1.43. The van der Waals surface area contributed by atoms with E-state index in [0.29, 0.717) is 12.5 Å². The van der Waals surface area contributed by atoms with Gasteiger partial charge in [-0.1, -0.05) is 0 Å². The Hall–Kier alpha value is -1.56. The molecule has 0 bridgehead atoms. The normalized spacial score (nSPS) is 19.9. The lowest BCUT2D eigenvalue weighted by molar-refractivity contribution is 0.203. The molecule has 2 heterocycles. The second-order valence-electron chi connectivity index (χ2n) is 4.09. The van der Waals surface area contributed by atoms with Gasteiger partial charge in [-0.15, -0.1) is 0 Å². The monoisotopic (exact) mass is 239 g/mol. The van der Waals surface area contributed by atoms with Crippen molar-refractivity contribution in [3.8, 4) is 11.6 Å². The molecule has 1 aromatic rings. The van der Waals surface area contributed by atoms with Crippen molar-refractivity contribution >= 4 is 0 Å². The zero-order chi connectivity index (χ0) is 12.1. The molecule has 0 aliphatic carbocycles. The highest BCUT2D eigenvalue weighted by atomic mass is 16.5. The quantitative estimate of drug-likeness (QED) is 0.782. The highest BCUT2D eigenvalue weighted by molar-refractivity contribution is 5.29. The number of piperidine rings is 1. The van der Waals surface area contributed by atoms with Crippen LogP contribution in [0.1, 0.15) is 12.8 Å². The maximum atomic E-state index is 11.4. The summed E-state index contributed by atoms with van der Waals surface area (Å²) in [5.41, 5.74) is -0.320. The van der Waals surface area contributed by atoms with Crippen molar-refractivity contribution in [1.82, 2.24) is 15.3 Å². The molecule has 6 heteroatoms. The molecule has 0 saturated carbocycles. The first-order valence-corrected chi connectivity index (χ1v) is 5.76. The van der Waals surface area contributed by atoms with E-state index < -0.39 is 0 Å². The van der Waals surface area contributed by atoms with Crippen LogP contribution in [0.4, 0.5) is 0 Å². The van der Waals surface area contributed by atoms with Gasteiger partial charge in [-0.3, -0.25) is 4.79 Å². The van der Waals surface area contributed by atoms with Crippen molar-refractivity contribution in [2.24, 2.45) is 5.92 Å². The van der Waals surface area contributed by atoms with Gasteiger partial charge >= 0.3 is 0 Å². The molecule has 0 radical (unpaired) electrons. The molecule has 2 rings (SSSR count). The van der Waals surface area contributed by atoms with Crippen LogP contribution in [0.3, 0.4) is 0 Å². The van der Waals surface area contributed by atoms with E-state index in [0.717, 1.165) is 25.9 Å². The molecule has 17 heavy (non-hydrogen) atoms. The second-order valence-corrected chi connectivity index (χ2v) is 4.09. The van der Waals surface area contributed by atoms with Crippen LogP contribution in [-0.2, 0) is 0 Å². The zero-order valence-corrected chi connectivity index (χ0v) is 9.86. The smallest absolute Gasteiger partial charge is 0.297 e. The largest absolute Gasteiger partial charge is 0.487 e. The molecule has 94 valence electrons. The summed E-state index contributed by atoms with van der Waals surface area (Å²) < 4.78 is 10.5. The van der Waals surface area contributed by atoms with Gasteiger partial charge < -0.3 is 19.8 Å². The molecule has 1 fully saturated rings. The van der Waals surface area contributed by atoms with Gasteiger partial charge in [0.25, 0.3) is 11.4 Å². The Labute approximate surface area is 99.4 Å². The van der Waals surface area contributed by atoms with E-state index in [1.165, 1.54) is 13.4 Å². The number of nitrogens with zero attached hydrogens (tertiary/aromatic N) is 1. The van der Waals surface area contributed by atoms with Crippen LogP contribution in [-0.4, -0.2) is 36.8 Å². The van der Waals surface area contributed by atoms with Gasteiger partial charge in [-0.05, 0) is 19.4 Å². The lowest BCUT2D eigenvalue weighted by Gasteiger charge is -2.22. The Morgan fingerprint density at radius 1 is 1.59 bits per heavy atom. The number of nitrogens with one attached hydrogen (secondary N) is 2. The molecule has 1 aliphatic heterocycles. The minimum absolute atomic E-state index is 0.135. The summed E-state index contributed by atoms with van der Waals surface area (Å²) in [6, 6.07) is 0. The third kappa shape index (κ3) is 2.97.